The highest BCUT2D eigenvalue weighted by Crippen LogP contribution is 2.29. The lowest BCUT2D eigenvalue weighted by Crippen LogP contribution is -2.48. The van der Waals surface area contributed by atoms with Crippen molar-refractivity contribution in [3.05, 3.63) is 28.2 Å². The molecular formula is C13H20BrN3O2S. The number of hydrogen-bond acceptors (Lipinski definition) is 4. The van der Waals surface area contributed by atoms with Gasteiger partial charge in [0, 0.05) is 36.7 Å². The first kappa shape index (κ1) is 15.8. The Labute approximate surface area is 128 Å². The van der Waals surface area contributed by atoms with Gasteiger partial charge in [-0.2, -0.15) is 4.31 Å². The van der Waals surface area contributed by atoms with Gasteiger partial charge in [0.2, 0.25) is 10.0 Å². The van der Waals surface area contributed by atoms with Gasteiger partial charge in [-0.3, -0.25) is 0 Å². The van der Waals surface area contributed by atoms with E-state index in [9.17, 15) is 8.42 Å². The number of hydrogen-bond donors (Lipinski definition) is 1. The van der Waals surface area contributed by atoms with Crippen molar-refractivity contribution in [2.75, 3.05) is 37.3 Å². The summed E-state index contributed by atoms with van der Waals surface area (Å²) < 4.78 is 25.5. The van der Waals surface area contributed by atoms with Crippen LogP contribution in [-0.2, 0) is 10.0 Å². The molecule has 1 saturated heterocycles. The number of piperazine rings is 1. The molecule has 0 bridgehead atoms. The highest BCUT2D eigenvalue weighted by Gasteiger charge is 2.24. The van der Waals surface area contributed by atoms with E-state index in [4.69, 9.17) is 5.73 Å². The molecule has 112 valence electrons. The molecule has 1 unspecified atom stereocenters. The molecule has 0 aliphatic carbocycles. The van der Waals surface area contributed by atoms with Crippen molar-refractivity contribution in [2.45, 2.75) is 13.0 Å². The lowest BCUT2D eigenvalue weighted by molar-refractivity contribution is 0.388. The molecule has 1 aliphatic rings. The van der Waals surface area contributed by atoms with E-state index in [1.807, 2.05) is 25.1 Å². The average molecular weight is 362 g/mol. The summed E-state index contributed by atoms with van der Waals surface area (Å²) in [7, 11) is -3.08. The van der Waals surface area contributed by atoms with Gasteiger partial charge in [-0.1, -0.05) is 6.07 Å². The van der Waals surface area contributed by atoms with Crippen LogP contribution in [-0.4, -0.2) is 45.2 Å². The van der Waals surface area contributed by atoms with Gasteiger partial charge in [0.15, 0.2) is 0 Å². The summed E-state index contributed by atoms with van der Waals surface area (Å²) in [5.74, 6) is 0. The second kappa shape index (κ2) is 6.01. The van der Waals surface area contributed by atoms with Crippen LogP contribution in [0, 0.1) is 0 Å². The molecule has 1 aromatic rings. The molecule has 1 fully saturated rings. The van der Waals surface area contributed by atoms with Gasteiger partial charge in [0.1, 0.15) is 0 Å². The number of benzene rings is 1. The molecule has 0 aromatic heterocycles. The maximum absolute atomic E-state index is 11.5. The molecule has 1 aliphatic heterocycles. The molecule has 1 heterocycles. The third-order valence-electron chi connectivity index (χ3n) is 3.55. The van der Waals surface area contributed by atoms with Gasteiger partial charge < -0.3 is 10.6 Å². The molecule has 0 spiro atoms. The van der Waals surface area contributed by atoms with E-state index in [0.717, 1.165) is 15.7 Å². The Morgan fingerprint density at radius 3 is 2.30 bits per heavy atom. The Hall–Kier alpha value is -0.630. The van der Waals surface area contributed by atoms with Crippen LogP contribution < -0.4 is 10.6 Å². The fraction of sp³-hybridized carbons (Fsp3) is 0.538. The minimum atomic E-state index is -3.08. The lowest BCUT2D eigenvalue weighted by atomic mass is 10.1. The van der Waals surface area contributed by atoms with Crippen LogP contribution in [0.2, 0.25) is 0 Å². The van der Waals surface area contributed by atoms with Crippen molar-refractivity contribution in [3.63, 3.8) is 0 Å². The first-order valence-corrected chi connectivity index (χ1v) is 9.18. The zero-order chi connectivity index (χ0) is 14.9. The fourth-order valence-electron chi connectivity index (χ4n) is 2.32. The third-order valence-corrected chi connectivity index (χ3v) is 5.48. The minimum Gasteiger partial charge on any atom is -0.368 e. The predicted molar refractivity (Wildman–Crippen MR) is 85.4 cm³/mol. The average Bonchev–Trinajstić information content (AvgIpc) is 2.37. The predicted octanol–water partition coefficient (Wildman–Crippen LogP) is 1.55. The fourth-order valence-corrected chi connectivity index (χ4v) is 3.80. The molecule has 1 aromatic carbocycles. The zero-order valence-electron chi connectivity index (χ0n) is 11.7. The number of halogens is 1. The van der Waals surface area contributed by atoms with Gasteiger partial charge in [-0.05, 0) is 40.5 Å². The molecular weight excluding hydrogens is 342 g/mol. The first-order chi connectivity index (χ1) is 9.29. The standard InChI is InChI=1S/C13H20BrN3O2S/c1-10(15)11-3-4-13(12(14)9-11)16-5-7-17(8-6-16)20(2,18)19/h3-4,9-10H,5-8,15H2,1-2H3. The van der Waals surface area contributed by atoms with Crippen LogP contribution in [0.4, 0.5) is 5.69 Å². The van der Waals surface area contributed by atoms with E-state index in [1.165, 1.54) is 10.6 Å². The maximum atomic E-state index is 11.5. The molecule has 5 nitrogen and oxygen atoms in total. The van der Waals surface area contributed by atoms with Crippen molar-refractivity contribution < 1.29 is 8.42 Å². The smallest absolute Gasteiger partial charge is 0.211 e. The number of rotatable bonds is 3. The first-order valence-electron chi connectivity index (χ1n) is 6.54. The minimum absolute atomic E-state index is 0.00225. The van der Waals surface area contributed by atoms with Crippen LogP contribution in [0.5, 0.6) is 0 Å². The molecule has 2 rings (SSSR count). The van der Waals surface area contributed by atoms with E-state index in [2.05, 4.69) is 20.8 Å². The van der Waals surface area contributed by atoms with Crippen molar-refractivity contribution in [1.29, 1.82) is 0 Å². The normalized spacial score (nSPS) is 19.1. The Bertz CT molecular complexity index is 581. The topological polar surface area (TPSA) is 66.6 Å². The van der Waals surface area contributed by atoms with Crippen molar-refractivity contribution in [3.8, 4) is 0 Å². The molecule has 0 amide bonds. The maximum Gasteiger partial charge on any atom is 0.211 e. The Balaban J connectivity index is 2.11. The Kier molecular flexibility index (Phi) is 4.73. The Morgan fingerprint density at radius 2 is 1.85 bits per heavy atom. The van der Waals surface area contributed by atoms with E-state index in [-0.39, 0.29) is 6.04 Å². The third kappa shape index (κ3) is 3.52. The molecule has 7 heteroatoms. The number of nitrogens with two attached hydrogens (primary N) is 1. The highest BCUT2D eigenvalue weighted by atomic mass is 79.9. The van der Waals surface area contributed by atoms with Gasteiger partial charge in [0.05, 0.1) is 11.9 Å². The van der Waals surface area contributed by atoms with Crippen LogP contribution in [0.15, 0.2) is 22.7 Å². The summed E-state index contributed by atoms with van der Waals surface area (Å²) in [5, 5.41) is 0. The largest absolute Gasteiger partial charge is 0.368 e. The molecule has 0 saturated carbocycles. The second-order valence-electron chi connectivity index (χ2n) is 5.15. The van der Waals surface area contributed by atoms with Crippen molar-refractivity contribution in [2.24, 2.45) is 5.73 Å². The molecule has 20 heavy (non-hydrogen) atoms. The van der Waals surface area contributed by atoms with E-state index in [0.29, 0.717) is 26.2 Å². The van der Waals surface area contributed by atoms with Gasteiger partial charge in [-0.15, -0.1) is 0 Å². The number of anilines is 1. The quantitative estimate of drug-likeness (QED) is 0.886. The van der Waals surface area contributed by atoms with E-state index >= 15 is 0 Å². The molecule has 1 atom stereocenters. The second-order valence-corrected chi connectivity index (χ2v) is 7.99. The molecule has 2 N–H and O–H groups in total. The van der Waals surface area contributed by atoms with E-state index < -0.39 is 10.0 Å². The Morgan fingerprint density at radius 1 is 1.25 bits per heavy atom. The summed E-state index contributed by atoms with van der Waals surface area (Å²) in [5.41, 5.74) is 8.03. The van der Waals surface area contributed by atoms with Crippen LogP contribution in [0.1, 0.15) is 18.5 Å². The summed E-state index contributed by atoms with van der Waals surface area (Å²) in [6, 6.07) is 6.10. The number of sulfonamides is 1. The SMILES string of the molecule is CC(N)c1ccc(N2CCN(S(C)(=O)=O)CC2)c(Br)c1. The summed E-state index contributed by atoms with van der Waals surface area (Å²) in [6.45, 7) is 4.40. The summed E-state index contributed by atoms with van der Waals surface area (Å²) in [4.78, 5) is 2.19. The number of nitrogens with zero attached hydrogens (tertiary/aromatic N) is 2. The van der Waals surface area contributed by atoms with E-state index in [1.54, 1.807) is 0 Å². The summed E-state index contributed by atoms with van der Waals surface area (Å²) >= 11 is 3.58. The van der Waals surface area contributed by atoms with Crippen molar-refractivity contribution in [1.82, 2.24) is 4.31 Å². The highest BCUT2D eigenvalue weighted by molar-refractivity contribution is 9.10. The van der Waals surface area contributed by atoms with Crippen LogP contribution in [0.3, 0.4) is 0 Å². The summed E-state index contributed by atoms with van der Waals surface area (Å²) in [6.07, 6.45) is 1.26. The van der Waals surface area contributed by atoms with Crippen molar-refractivity contribution >= 4 is 31.6 Å². The van der Waals surface area contributed by atoms with Gasteiger partial charge >= 0.3 is 0 Å². The van der Waals surface area contributed by atoms with Crippen LogP contribution in [0.25, 0.3) is 0 Å². The van der Waals surface area contributed by atoms with Gasteiger partial charge in [-0.25, -0.2) is 8.42 Å². The molecule has 0 radical (unpaired) electrons. The van der Waals surface area contributed by atoms with Crippen LogP contribution >= 0.6 is 15.9 Å². The van der Waals surface area contributed by atoms with Gasteiger partial charge in [0.25, 0.3) is 0 Å². The zero-order valence-corrected chi connectivity index (χ0v) is 14.1. The lowest BCUT2D eigenvalue weighted by Gasteiger charge is -2.35. The monoisotopic (exact) mass is 361 g/mol.